The van der Waals surface area contributed by atoms with Gasteiger partial charge in [-0.1, -0.05) is 0 Å². The van der Waals surface area contributed by atoms with Gasteiger partial charge in [0.1, 0.15) is 17.5 Å². The van der Waals surface area contributed by atoms with Crippen molar-refractivity contribution in [3.05, 3.63) is 59.4 Å². The van der Waals surface area contributed by atoms with E-state index in [-0.39, 0.29) is 11.5 Å². The zero-order valence-corrected chi connectivity index (χ0v) is 14.0. The van der Waals surface area contributed by atoms with Crippen LogP contribution in [0.15, 0.2) is 36.5 Å². The molecule has 26 heavy (non-hydrogen) atoms. The average Bonchev–Trinajstić information content (AvgIpc) is 2.98. The molecule has 3 aromatic rings. The second kappa shape index (κ2) is 5.94. The lowest BCUT2D eigenvalue weighted by atomic mass is 9.94. The number of nitrogen functional groups attached to an aromatic ring is 1. The van der Waals surface area contributed by atoms with E-state index in [0.29, 0.717) is 41.2 Å². The molecule has 0 unspecified atom stereocenters. The number of H-pyrrole nitrogens is 1. The van der Waals surface area contributed by atoms with Crippen molar-refractivity contribution in [2.75, 3.05) is 19.3 Å². The second-order valence-electron chi connectivity index (χ2n) is 6.30. The summed E-state index contributed by atoms with van der Waals surface area (Å²) in [4.78, 5) is 21.6. The largest absolute Gasteiger partial charge is 0.384 e. The Hall–Kier alpha value is -3.22. The van der Waals surface area contributed by atoms with Crippen molar-refractivity contribution in [1.29, 1.82) is 0 Å². The van der Waals surface area contributed by atoms with Gasteiger partial charge in [0.2, 0.25) is 0 Å². The molecule has 0 fully saturated rings. The van der Waals surface area contributed by atoms with Crippen LogP contribution in [0.3, 0.4) is 0 Å². The van der Waals surface area contributed by atoms with Crippen molar-refractivity contribution >= 4 is 11.7 Å². The molecule has 0 saturated heterocycles. The number of anilines is 1. The van der Waals surface area contributed by atoms with E-state index in [4.69, 9.17) is 5.73 Å². The molecule has 0 saturated carbocycles. The van der Waals surface area contributed by atoms with Crippen molar-refractivity contribution in [3.8, 4) is 22.4 Å². The Labute approximate surface area is 148 Å². The maximum Gasteiger partial charge on any atom is 0.256 e. The number of nitrogens with zero attached hydrogens (tertiary/aromatic N) is 2. The van der Waals surface area contributed by atoms with Crippen molar-refractivity contribution in [1.82, 2.24) is 14.9 Å². The molecule has 0 atom stereocenters. The predicted molar refractivity (Wildman–Crippen MR) is 94.5 cm³/mol. The first-order chi connectivity index (χ1) is 12.5. The molecule has 5 nitrogen and oxygen atoms in total. The van der Waals surface area contributed by atoms with Crippen LogP contribution in [-0.2, 0) is 6.42 Å². The summed E-state index contributed by atoms with van der Waals surface area (Å²) in [6.45, 7) is 0.565. The first-order valence-electron chi connectivity index (χ1n) is 8.13. The Kier molecular flexibility index (Phi) is 3.72. The number of hydrogen-bond donors (Lipinski definition) is 2. The third-order valence-electron chi connectivity index (χ3n) is 4.61. The van der Waals surface area contributed by atoms with Gasteiger partial charge in [0, 0.05) is 54.7 Å². The standard InChI is InChI=1S/C19H16F2N4O/c1-25-7-5-14-17(19(25)26)16(12-3-2-11(20)9-13(12)21)18(24-14)10-4-6-23-15(22)8-10/h2-4,6,8-9,24H,5,7H2,1H3,(H2,22,23). The van der Waals surface area contributed by atoms with Crippen molar-refractivity contribution < 1.29 is 13.6 Å². The predicted octanol–water partition coefficient (Wildman–Crippen LogP) is 3.23. The SMILES string of the molecule is CN1CCc2[nH]c(-c3ccnc(N)c3)c(-c3ccc(F)cc3F)c2C1=O. The zero-order valence-electron chi connectivity index (χ0n) is 14.0. The normalized spacial score (nSPS) is 13.8. The van der Waals surface area contributed by atoms with E-state index in [2.05, 4.69) is 9.97 Å². The number of likely N-dealkylation sites (N-methyl/N-ethyl adjacent to an activating group) is 1. The fraction of sp³-hybridized carbons (Fsp3) is 0.158. The van der Waals surface area contributed by atoms with Crippen LogP contribution < -0.4 is 5.73 Å². The minimum absolute atomic E-state index is 0.165. The summed E-state index contributed by atoms with van der Waals surface area (Å²) in [7, 11) is 1.70. The van der Waals surface area contributed by atoms with Crippen LogP contribution in [0.2, 0.25) is 0 Å². The fourth-order valence-corrected chi connectivity index (χ4v) is 3.33. The molecule has 7 heteroatoms. The lowest BCUT2D eigenvalue weighted by Gasteiger charge is -2.23. The van der Waals surface area contributed by atoms with Crippen LogP contribution in [0.25, 0.3) is 22.4 Å². The van der Waals surface area contributed by atoms with Crippen molar-refractivity contribution in [2.24, 2.45) is 0 Å². The number of aromatic nitrogens is 2. The van der Waals surface area contributed by atoms with Crippen LogP contribution in [0, 0.1) is 11.6 Å². The summed E-state index contributed by atoms with van der Waals surface area (Å²) in [5.41, 5.74) is 8.76. The number of halogens is 2. The lowest BCUT2D eigenvalue weighted by Crippen LogP contribution is -2.34. The van der Waals surface area contributed by atoms with E-state index in [1.165, 1.54) is 12.1 Å². The third-order valence-corrected chi connectivity index (χ3v) is 4.61. The number of fused-ring (bicyclic) bond motifs is 1. The fourth-order valence-electron chi connectivity index (χ4n) is 3.33. The Morgan fingerprint density at radius 3 is 2.73 bits per heavy atom. The third kappa shape index (κ3) is 2.52. The van der Waals surface area contributed by atoms with Crippen molar-refractivity contribution in [3.63, 3.8) is 0 Å². The molecule has 0 spiro atoms. The van der Waals surface area contributed by atoms with Gasteiger partial charge in [0.15, 0.2) is 0 Å². The van der Waals surface area contributed by atoms with Gasteiger partial charge in [-0.2, -0.15) is 0 Å². The van der Waals surface area contributed by atoms with Crippen LogP contribution in [-0.4, -0.2) is 34.4 Å². The van der Waals surface area contributed by atoms with Gasteiger partial charge in [-0.25, -0.2) is 13.8 Å². The molecule has 0 aliphatic carbocycles. The molecule has 4 rings (SSSR count). The number of carbonyl (C=O) groups is 1. The van der Waals surface area contributed by atoms with Crippen LogP contribution in [0.5, 0.6) is 0 Å². The van der Waals surface area contributed by atoms with Crippen molar-refractivity contribution in [2.45, 2.75) is 6.42 Å². The van der Waals surface area contributed by atoms with E-state index in [0.717, 1.165) is 11.8 Å². The maximum absolute atomic E-state index is 14.6. The molecule has 0 radical (unpaired) electrons. The maximum atomic E-state index is 14.6. The smallest absolute Gasteiger partial charge is 0.256 e. The highest BCUT2D eigenvalue weighted by Crippen LogP contribution is 2.40. The van der Waals surface area contributed by atoms with Gasteiger partial charge in [-0.3, -0.25) is 4.79 Å². The quantitative estimate of drug-likeness (QED) is 0.742. The molecule has 2 aromatic heterocycles. The number of aromatic amines is 1. The Morgan fingerprint density at radius 1 is 1.19 bits per heavy atom. The molecular formula is C19H16F2N4O. The van der Waals surface area contributed by atoms with E-state index in [9.17, 15) is 13.6 Å². The average molecular weight is 354 g/mol. The lowest BCUT2D eigenvalue weighted by molar-refractivity contribution is 0.0781. The molecule has 3 heterocycles. The molecule has 1 aliphatic rings. The highest BCUT2D eigenvalue weighted by molar-refractivity contribution is 6.06. The summed E-state index contributed by atoms with van der Waals surface area (Å²) >= 11 is 0. The summed E-state index contributed by atoms with van der Waals surface area (Å²) in [6.07, 6.45) is 2.16. The first kappa shape index (κ1) is 16.3. The van der Waals surface area contributed by atoms with Crippen LogP contribution >= 0.6 is 0 Å². The number of benzene rings is 1. The molecule has 132 valence electrons. The number of hydrogen-bond acceptors (Lipinski definition) is 3. The first-order valence-corrected chi connectivity index (χ1v) is 8.13. The van der Waals surface area contributed by atoms with Gasteiger partial charge in [0.25, 0.3) is 5.91 Å². The molecular weight excluding hydrogens is 338 g/mol. The van der Waals surface area contributed by atoms with E-state index in [1.54, 1.807) is 30.3 Å². The Morgan fingerprint density at radius 2 is 2.00 bits per heavy atom. The number of nitrogens with one attached hydrogen (secondary N) is 1. The summed E-state index contributed by atoms with van der Waals surface area (Å²) in [6, 6.07) is 6.73. The van der Waals surface area contributed by atoms with E-state index >= 15 is 0 Å². The van der Waals surface area contributed by atoms with Gasteiger partial charge in [0.05, 0.1) is 11.3 Å². The second-order valence-corrected chi connectivity index (χ2v) is 6.30. The number of rotatable bonds is 2. The van der Waals surface area contributed by atoms with Gasteiger partial charge >= 0.3 is 0 Å². The number of pyridine rings is 1. The minimum atomic E-state index is -0.726. The number of carbonyl (C=O) groups excluding carboxylic acids is 1. The highest BCUT2D eigenvalue weighted by atomic mass is 19.1. The molecule has 0 bridgehead atoms. The molecule has 1 aliphatic heterocycles. The molecule has 1 amide bonds. The zero-order chi connectivity index (χ0) is 18.4. The van der Waals surface area contributed by atoms with Crippen LogP contribution in [0.4, 0.5) is 14.6 Å². The number of amides is 1. The minimum Gasteiger partial charge on any atom is -0.384 e. The van der Waals surface area contributed by atoms with Gasteiger partial charge < -0.3 is 15.6 Å². The summed E-state index contributed by atoms with van der Waals surface area (Å²) in [5, 5.41) is 0. The van der Waals surface area contributed by atoms with Gasteiger partial charge in [-0.15, -0.1) is 0 Å². The summed E-state index contributed by atoms with van der Waals surface area (Å²) in [5.74, 6) is -1.29. The molecule has 3 N–H and O–H groups in total. The Balaban J connectivity index is 2.04. The number of nitrogens with two attached hydrogens (primary N) is 1. The Bertz CT molecular complexity index is 1030. The topological polar surface area (TPSA) is 75.0 Å². The summed E-state index contributed by atoms with van der Waals surface area (Å²) < 4.78 is 28.0. The van der Waals surface area contributed by atoms with Gasteiger partial charge in [-0.05, 0) is 24.3 Å². The van der Waals surface area contributed by atoms with E-state index in [1.807, 2.05) is 0 Å². The van der Waals surface area contributed by atoms with Crippen LogP contribution in [0.1, 0.15) is 16.1 Å². The van der Waals surface area contributed by atoms with E-state index < -0.39 is 11.6 Å². The highest BCUT2D eigenvalue weighted by Gasteiger charge is 2.31. The monoisotopic (exact) mass is 354 g/mol. The molecule has 1 aromatic carbocycles.